The monoisotopic (exact) mass is 235 g/mol. The standard InChI is InChI=1S/C11H13F4N/c1-7(2)16-6-8-9(11(13,14)15)4-3-5-10(8)12/h3-5,7,16H,6H2,1-2H3. The van der Waals surface area contributed by atoms with E-state index in [0.717, 1.165) is 18.2 Å². The lowest BCUT2D eigenvalue weighted by Gasteiger charge is -2.15. The summed E-state index contributed by atoms with van der Waals surface area (Å²) in [6.07, 6.45) is -4.52. The van der Waals surface area contributed by atoms with E-state index in [1.54, 1.807) is 13.8 Å². The van der Waals surface area contributed by atoms with Crippen molar-refractivity contribution in [3.8, 4) is 0 Å². The predicted molar refractivity (Wildman–Crippen MR) is 53.4 cm³/mol. The molecule has 1 aromatic rings. The lowest BCUT2D eigenvalue weighted by molar-refractivity contribution is -0.138. The minimum Gasteiger partial charge on any atom is -0.310 e. The Hall–Kier alpha value is -1.10. The maximum atomic E-state index is 13.3. The van der Waals surface area contributed by atoms with Crippen LogP contribution in [0.5, 0.6) is 0 Å². The number of alkyl halides is 3. The van der Waals surface area contributed by atoms with Gasteiger partial charge in [-0.3, -0.25) is 0 Å². The molecule has 1 nitrogen and oxygen atoms in total. The SMILES string of the molecule is CC(C)NCc1c(F)cccc1C(F)(F)F. The lowest BCUT2D eigenvalue weighted by atomic mass is 10.1. The minimum atomic E-state index is -4.52. The summed E-state index contributed by atoms with van der Waals surface area (Å²) in [5.74, 6) is -0.831. The Bertz CT molecular complexity index is 357. The first-order valence-electron chi connectivity index (χ1n) is 4.90. The molecule has 1 aromatic carbocycles. The maximum absolute atomic E-state index is 13.3. The van der Waals surface area contributed by atoms with Crippen molar-refractivity contribution < 1.29 is 17.6 Å². The summed E-state index contributed by atoms with van der Waals surface area (Å²) in [7, 11) is 0. The van der Waals surface area contributed by atoms with Crippen LogP contribution in [0, 0.1) is 5.82 Å². The van der Waals surface area contributed by atoms with Gasteiger partial charge in [0.25, 0.3) is 0 Å². The molecule has 0 unspecified atom stereocenters. The Morgan fingerprint density at radius 2 is 1.88 bits per heavy atom. The number of rotatable bonds is 3. The third kappa shape index (κ3) is 3.20. The molecule has 0 radical (unpaired) electrons. The molecule has 1 N–H and O–H groups in total. The molecule has 0 aliphatic heterocycles. The van der Waals surface area contributed by atoms with Crippen molar-refractivity contribution in [2.75, 3.05) is 0 Å². The van der Waals surface area contributed by atoms with E-state index in [-0.39, 0.29) is 18.2 Å². The van der Waals surface area contributed by atoms with Crippen molar-refractivity contribution in [3.63, 3.8) is 0 Å². The van der Waals surface area contributed by atoms with Crippen molar-refractivity contribution in [2.45, 2.75) is 32.6 Å². The molecule has 1 rings (SSSR count). The van der Waals surface area contributed by atoms with Gasteiger partial charge in [-0.25, -0.2) is 4.39 Å². The van der Waals surface area contributed by atoms with E-state index in [0.29, 0.717) is 0 Å². The van der Waals surface area contributed by atoms with Crippen LogP contribution in [0.25, 0.3) is 0 Å². The predicted octanol–water partition coefficient (Wildman–Crippen LogP) is 3.34. The van der Waals surface area contributed by atoms with Crippen LogP contribution in [0.1, 0.15) is 25.0 Å². The first kappa shape index (κ1) is 13.0. The van der Waals surface area contributed by atoms with Crippen molar-refractivity contribution in [2.24, 2.45) is 0 Å². The Morgan fingerprint density at radius 1 is 1.25 bits per heavy atom. The molecule has 90 valence electrons. The second-order valence-corrected chi connectivity index (χ2v) is 3.80. The van der Waals surface area contributed by atoms with Gasteiger partial charge >= 0.3 is 6.18 Å². The zero-order valence-electron chi connectivity index (χ0n) is 9.03. The van der Waals surface area contributed by atoms with Crippen molar-refractivity contribution >= 4 is 0 Å². The average Bonchev–Trinajstić information content (AvgIpc) is 2.13. The molecule has 0 saturated carbocycles. The number of nitrogens with one attached hydrogen (secondary N) is 1. The number of benzene rings is 1. The van der Waals surface area contributed by atoms with E-state index in [1.807, 2.05) is 0 Å². The molecule has 16 heavy (non-hydrogen) atoms. The van der Waals surface area contributed by atoms with Crippen molar-refractivity contribution in [1.82, 2.24) is 5.32 Å². The molecule has 0 aliphatic carbocycles. The van der Waals surface area contributed by atoms with E-state index >= 15 is 0 Å². The highest BCUT2D eigenvalue weighted by molar-refractivity contribution is 5.31. The molecule has 0 aromatic heterocycles. The normalized spacial score (nSPS) is 12.2. The molecule has 5 heteroatoms. The summed E-state index contributed by atoms with van der Waals surface area (Å²) in [6, 6.07) is 2.99. The number of hydrogen-bond donors (Lipinski definition) is 1. The average molecular weight is 235 g/mol. The van der Waals surface area contributed by atoms with Crippen LogP contribution >= 0.6 is 0 Å². The van der Waals surface area contributed by atoms with E-state index < -0.39 is 17.6 Å². The largest absolute Gasteiger partial charge is 0.416 e. The van der Waals surface area contributed by atoms with Gasteiger partial charge in [0, 0.05) is 18.2 Å². The molecular weight excluding hydrogens is 222 g/mol. The molecule has 0 atom stereocenters. The van der Waals surface area contributed by atoms with Crippen LogP contribution < -0.4 is 5.32 Å². The van der Waals surface area contributed by atoms with E-state index in [4.69, 9.17) is 0 Å². The van der Waals surface area contributed by atoms with E-state index in [9.17, 15) is 17.6 Å². The quantitative estimate of drug-likeness (QED) is 0.792. The Kier molecular flexibility index (Phi) is 3.91. The van der Waals surface area contributed by atoms with Gasteiger partial charge in [0.2, 0.25) is 0 Å². The van der Waals surface area contributed by atoms with Gasteiger partial charge in [-0.1, -0.05) is 19.9 Å². The van der Waals surface area contributed by atoms with E-state index in [1.165, 1.54) is 0 Å². The molecule has 0 heterocycles. The summed E-state index contributed by atoms with van der Waals surface area (Å²) in [5, 5.41) is 2.78. The van der Waals surface area contributed by atoms with Gasteiger partial charge in [-0.05, 0) is 12.1 Å². The highest BCUT2D eigenvalue weighted by atomic mass is 19.4. The van der Waals surface area contributed by atoms with Crippen molar-refractivity contribution in [1.29, 1.82) is 0 Å². The summed E-state index contributed by atoms with van der Waals surface area (Å²) in [6.45, 7) is 3.45. The summed E-state index contributed by atoms with van der Waals surface area (Å²) in [5.41, 5.74) is -1.25. The van der Waals surface area contributed by atoms with Crippen LogP contribution in [-0.2, 0) is 12.7 Å². The summed E-state index contributed by atoms with van der Waals surface area (Å²) < 4.78 is 51.0. The molecule has 0 aliphatic rings. The van der Waals surface area contributed by atoms with Crippen LogP contribution in [0.3, 0.4) is 0 Å². The van der Waals surface area contributed by atoms with Crippen LogP contribution in [-0.4, -0.2) is 6.04 Å². The highest BCUT2D eigenvalue weighted by Gasteiger charge is 2.34. The fourth-order valence-corrected chi connectivity index (χ4v) is 1.31. The van der Waals surface area contributed by atoms with Gasteiger partial charge in [0.15, 0.2) is 0 Å². The number of hydrogen-bond acceptors (Lipinski definition) is 1. The van der Waals surface area contributed by atoms with Crippen LogP contribution in [0.15, 0.2) is 18.2 Å². The van der Waals surface area contributed by atoms with Gasteiger partial charge in [0.1, 0.15) is 5.82 Å². The Labute approximate surface area is 91.5 Å². The first-order valence-corrected chi connectivity index (χ1v) is 4.90. The zero-order valence-corrected chi connectivity index (χ0v) is 9.03. The first-order chi connectivity index (χ1) is 7.32. The van der Waals surface area contributed by atoms with E-state index in [2.05, 4.69) is 5.32 Å². The maximum Gasteiger partial charge on any atom is 0.416 e. The zero-order chi connectivity index (χ0) is 12.3. The molecule has 0 fully saturated rings. The second-order valence-electron chi connectivity index (χ2n) is 3.80. The summed E-state index contributed by atoms with van der Waals surface area (Å²) >= 11 is 0. The fourth-order valence-electron chi connectivity index (χ4n) is 1.31. The fraction of sp³-hybridized carbons (Fsp3) is 0.455. The molecule has 0 spiro atoms. The minimum absolute atomic E-state index is 0.000639. The topological polar surface area (TPSA) is 12.0 Å². The third-order valence-electron chi connectivity index (χ3n) is 2.11. The lowest BCUT2D eigenvalue weighted by Crippen LogP contribution is -2.24. The smallest absolute Gasteiger partial charge is 0.310 e. The van der Waals surface area contributed by atoms with Crippen molar-refractivity contribution in [3.05, 3.63) is 35.1 Å². The molecule has 0 bridgehead atoms. The second kappa shape index (κ2) is 4.82. The van der Waals surface area contributed by atoms with Crippen LogP contribution in [0.4, 0.5) is 17.6 Å². The molecular formula is C11H13F4N. The highest BCUT2D eigenvalue weighted by Crippen LogP contribution is 2.32. The van der Waals surface area contributed by atoms with Gasteiger partial charge in [-0.15, -0.1) is 0 Å². The van der Waals surface area contributed by atoms with Gasteiger partial charge in [-0.2, -0.15) is 13.2 Å². The van der Waals surface area contributed by atoms with Gasteiger partial charge in [0.05, 0.1) is 5.56 Å². The Morgan fingerprint density at radius 3 is 2.38 bits per heavy atom. The third-order valence-corrected chi connectivity index (χ3v) is 2.11. The summed E-state index contributed by atoms with van der Waals surface area (Å²) in [4.78, 5) is 0. The molecule has 0 amide bonds. The van der Waals surface area contributed by atoms with Crippen LogP contribution in [0.2, 0.25) is 0 Å². The molecule has 0 saturated heterocycles. The van der Waals surface area contributed by atoms with Gasteiger partial charge < -0.3 is 5.32 Å². The number of halogens is 4. The Balaban J connectivity index is 3.04.